The van der Waals surface area contributed by atoms with Crippen molar-refractivity contribution in [2.75, 3.05) is 18.5 Å². The van der Waals surface area contributed by atoms with E-state index in [1.807, 2.05) is 6.08 Å². The summed E-state index contributed by atoms with van der Waals surface area (Å²) in [5.41, 5.74) is 6.44. The number of benzene rings is 2. The lowest BCUT2D eigenvalue weighted by Gasteiger charge is -2.13. The number of nitrogens with one attached hydrogen (secondary N) is 1. The number of anilines is 1. The van der Waals surface area contributed by atoms with Crippen LogP contribution in [0.3, 0.4) is 0 Å². The van der Waals surface area contributed by atoms with Gasteiger partial charge in [-0.2, -0.15) is 0 Å². The molecule has 0 bridgehead atoms. The van der Waals surface area contributed by atoms with Gasteiger partial charge in [0.15, 0.2) is 0 Å². The third kappa shape index (κ3) is 6.98. The van der Waals surface area contributed by atoms with Crippen molar-refractivity contribution in [1.29, 1.82) is 0 Å². The average molecular weight is 335 g/mol. The fourth-order valence-corrected chi connectivity index (χ4v) is 2.77. The maximum Gasteiger partial charge on any atom is 0.0614 e. The number of aliphatic hydroxyl groups excluding tert-OH is 1. The number of hydrogen-bond acceptors (Lipinski definition) is 2. The second kappa shape index (κ2) is 10.5. The summed E-state index contributed by atoms with van der Waals surface area (Å²) in [6.07, 6.45) is 7.12. The second-order valence-electron chi connectivity index (χ2n) is 6.50. The minimum Gasteiger partial charge on any atom is -0.392 e. The van der Waals surface area contributed by atoms with Crippen molar-refractivity contribution in [2.45, 2.75) is 33.1 Å². The van der Waals surface area contributed by atoms with Crippen LogP contribution in [-0.4, -0.2) is 18.3 Å². The van der Waals surface area contributed by atoms with Gasteiger partial charge in [-0.05, 0) is 50.3 Å². The zero-order valence-corrected chi connectivity index (χ0v) is 15.3. The van der Waals surface area contributed by atoms with Gasteiger partial charge in [0.25, 0.3) is 0 Å². The molecule has 0 aromatic heterocycles. The summed E-state index contributed by atoms with van der Waals surface area (Å²) in [5, 5.41) is 12.5. The lowest BCUT2D eigenvalue weighted by Crippen LogP contribution is -2.05. The summed E-state index contributed by atoms with van der Waals surface area (Å²) >= 11 is 0. The largest absolute Gasteiger partial charge is 0.392 e. The fourth-order valence-electron chi connectivity index (χ4n) is 2.77. The van der Waals surface area contributed by atoms with E-state index in [-0.39, 0.29) is 6.61 Å². The molecule has 0 fully saturated rings. The Morgan fingerprint density at radius 1 is 0.920 bits per heavy atom. The first-order chi connectivity index (χ1) is 12.2. The number of rotatable bonds is 9. The van der Waals surface area contributed by atoms with Crippen LogP contribution in [0.2, 0.25) is 0 Å². The molecule has 2 N–H and O–H groups in total. The molecule has 0 saturated carbocycles. The van der Waals surface area contributed by atoms with Gasteiger partial charge in [0.1, 0.15) is 0 Å². The zero-order chi connectivity index (χ0) is 17.9. The fraction of sp³-hybridized carbons (Fsp3) is 0.304. The molecule has 0 atom stereocenters. The molecular formula is C23H29NO. The second-order valence-corrected chi connectivity index (χ2v) is 6.50. The van der Waals surface area contributed by atoms with Crippen LogP contribution in [0.1, 0.15) is 37.8 Å². The normalized spacial score (nSPS) is 12.3. The molecule has 0 heterocycles. The lowest BCUT2D eigenvalue weighted by molar-refractivity contribution is 0.341. The Kier molecular flexibility index (Phi) is 8.00. The van der Waals surface area contributed by atoms with E-state index in [0.717, 1.165) is 25.8 Å². The molecule has 0 aliphatic heterocycles. The zero-order valence-electron chi connectivity index (χ0n) is 15.3. The average Bonchev–Trinajstić information content (AvgIpc) is 2.62. The maximum atomic E-state index is 8.89. The molecule has 2 rings (SSSR count). The monoisotopic (exact) mass is 335 g/mol. The summed E-state index contributed by atoms with van der Waals surface area (Å²) < 4.78 is 0. The summed E-state index contributed by atoms with van der Waals surface area (Å²) in [4.78, 5) is 0. The topological polar surface area (TPSA) is 32.3 Å². The van der Waals surface area contributed by atoms with Crippen molar-refractivity contribution < 1.29 is 5.11 Å². The highest BCUT2D eigenvalue weighted by Crippen LogP contribution is 2.19. The Balaban J connectivity index is 1.91. The van der Waals surface area contributed by atoms with Crippen LogP contribution in [0.4, 0.5) is 5.69 Å². The molecule has 0 aliphatic rings. The minimum absolute atomic E-state index is 0.133. The molecule has 2 heteroatoms. The lowest BCUT2D eigenvalue weighted by atomic mass is 10.0. The van der Waals surface area contributed by atoms with Crippen LogP contribution in [0.15, 0.2) is 77.9 Å². The van der Waals surface area contributed by atoms with E-state index in [1.165, 1.54) is 28.0 Å². The van der Waals surface area contributed by atoms with Gasteiger partial charge in [-0.25, -0.2) is 0 Å². The minimum atomic E-state index is 0.133. The van der Waals surface area contributed by atoms with Crippen LogP contribution in [0.25, 0.3) is 0 Å². The molecular weight excluding hydrogens is 306 g/mol. The van der Waals surface area contributed by atoms with E-state index < -0.39 is 0 Å². The predicted octanol–water partition coefficient (Wildman–Crippen LogP) is 5.35. The van der Waals surface area contributed by atoms with Crippen molar-refractivity contribution >= 4 is 5.69 Å². The Bertz CT molecular complexity index is 701. The molecule has 2 nitrogen and oxygen atoms in total. The molecule has 25 heavy (non-hydrogen) atoms. The van der Waals surface area contributed by atoms with Crippen molar-refractivity contribution in [3.05, 3.63) is 89.0 Å². The van der Waals surface area contributed by atoms with Gasteiger partial charge in [-0.15, -0.1) is 0 Å². The van der Waals surface area contributed by atoms with E-state index in [0.29, 0.717) is 0 Å². The van der Waals surface area contributed by atoms with Crippen molar-refractivity contribution in [3.63, 3.8) is 0 Å². The maximum absolute atomic E-state index is 8.89. The van der Waals surface area contributed by atoms with Gasteiger partial charge in [0.2, 0.25) is 0 Å². The van der Waals surface area contributed by atoms with E-state index in [2.05, 4.69) is 79.8 Å². The van der Waals surface area contributed by atoms with Crippen LogP contribution >= 0.6 is 0 Å². The van der Waals surface area contributed by atoms with E-state index in [9.17, 15) is 0 Å². The van der Waals surface area contributed by atoms with E-state index in [4.69, 9.17) is 5.11 Å². The molecule has 2 aromatic carbocycles. The van der Waals surface area contributed by atoms with E-state index in [1.54, 1.807) is 0 Å². The van der Waals surface area contributed by atoms with Crippen molar-refractivity contribution in [3.8, 4) is 0 Å². The first-order valence-electron chi connectivity index (χ1n) is 8.97. The predicted molar refractivity (Wildman–Crippen MR) is 108 cm³/mol. The van der Waals surface area contributed by atoms with Crippen LogP contribution in [0.5, 0.6) is 0 Å². The first kappa shape index (κ1) is 19.0. The number of aliphatic hydroxyl groups is 1. The first-order valence-corrected chi connectivity index (χ1v) is 8.97. The van der Waals surface area contributed by atoms with Crippen molar-refractivity contribution in [2.24, 2.45) is 0 Å². The van der Waals surface area contributed by atoms with Gasteiger partial charge < -0.3 is 10.4 Å². The highest BCUT2D eigenvalue weighted by atomic mass is 16.2. The van der Waals surface area contributed by atoms with Gasteiger partial charge in [0.05, 0.1) is 6.61 Å². The highest BCUT2D eigenvalue weighted by Gasteiger charge is 2.02. The molecule has 0 spiro atoms. The molecule has 0 amide bonds. The summed E-state index contributed by atoms with van der Waals surface area (Å²) in [5.74, 6) is 0. The summed E-state index contributed by atoms with van der Waals surface area (Å²) in [7, 11) is 0. The van der Waals surface area contributed by atoms with E-state index >= 15 is 0 Å². The summed E-state index contributed by atoms with van der Waals surface area (Å²) in [6, 6.07) is 19.1. The molecule has 0 aliphatic carbocycles. The van der Waals surface area contributed by atoms with Gasteiger partial charge >= 0.3 is 0 Å². The molecule has 132 valence electrons. The molecule has 0 radical (unpaired) electrons. The Hall–Kier alpha value is -2.32. The van der Waals surface area contributed by atoms with Crippen LogP contribution < -0.4 is 5.32 Å². The SMILES string of the molecule is C/C(=C\CO)CC/C=C(\C)CNc1ccccc1Cc1ccccc1. The molecule has 0 unspecified atom stereocenters. The highest BCUT2D eigenvalue weighted by molar-refractivity contribution is 5.53. The number of hydrogen-bond donors (Lipinski definition) is 2. The van der Waals surface area contributed by atoms with Crippen molar-refractivity contribution in [1.82, 2.24) is 0 Å². The quantitative estimate of drug-likeness (QED) is 0.605. The van der Waals surface area contributed by atoms with Crippen LogP contribution in [-0.2, 0) is 6.42 Å². The van der Waals surface area contributed by atoms with Crippen LogP contribution in [0, 0.1) is 0 Å². The standard InChI is InChI=1S/C23H29NO/c1-19(15-16-25)9-8-10-20(2)18-24-23-14-7-6-13-22(23)17-21-11-4-3-5-12-21/h3-7,10-15,24-25H,8-9,16-18H2,1-2H3/b19-15+,20-10+. The Labute approximate surface area is 151 Å². The number of para-hydroxylation sites is 1. The Morgan fingerprint density at radius 3 is 2.40 bits per heavy atom. The Morgan fingerprint density at radius 2 is 1.64 bits per heavy atom. The van der Waals surface area contributed by atoms with Gasteiger partial charge in [0, 0.05) is 12.2 Å². The third-order valence-electron chi connectivity index (χ3n) is 4.28. The smallest absolute Gasteiger partial charge is 0.0614 e. The molecule has 2 aromatic rings. The van der Waals surface area contributed by atoms with Gasteiger partial charge in [-0.3, -0.25) is 0 Å². The third-order valence-corrected chi connectivity index (χ3v) is 4.28. The number of allylic oxidation sites excluding steroid dienone is 2. The summed E-state index contributed by atoms with van der Waals surface area (Å²) in [6.45, 7) is 5.22. The van der Waals surface area contributed by atoms with Gasteiger partial charge in [-0.1, -0.05) is 71.8 Å². The molecule has 0 saturated heterocycles.